The van der Waals surface area contributed by atoms with E-state index in [1.54, 1.807) is 24.3 Å². The minimum atomic E-state index is -0.278. The molecule has 3 rings (SSSR count). The topological polar surface area (TPSA) is 61.4 Å². The predicted octanol–water partition coefficient (Wildman–Crippen LogP) is 4.09. The molecule has 1 saturated heterocycles. The molecule has 2 amide bonds. The van der Waals surface area contributed by atoms with Gasteiger partial charge in [0.1, 0.15) is 0 Å². The van der Waals surface area contributed by atoms with Gasteiger partial charge in [-0.15, -0.1) is 0 Å². The number of nitrogens with one attached hydrogen (secondary N) is 2. The van der Waals surface area contributed by atoms with Crippen molar-refractivity contribution in [2.75, 3.05) is 29.9 Å². The van der Waals surface area contributed by atoms with Gasteiger partial charge in [-0.2, -0.15) is 0 Å². The quantitative estimate of drug-likeness (QED) is 0.787. The van der Waals surface area contributed by atoms with Crippen LogP contribution in [0.1, 0.15) is 36.0 Å². The molecule has 0 bridgehead atoms. The minimum Gasteiger partial charge on any atom is -0.372 e. The minimum absolute atomic E-state index is 0.139. The normalized spacial score (nSPS) is 13.9. The van der Waals surface area contributed by atoms with Crippen molar-refractivity contribution in [3.8, 4) is 0 Å². The van der Waals surface area contributed by atoms with Gasteiger partial charge in [0.05, 0.1) is 10.6 Å². The van der Waals surface area contributed by atoms with Crippen LogP contribution >= 0.6 is 11.6 Å². The van der Waals surface area contributed by atoms with Crippen molar-refractivity contribution in [3.63, 3.8) is 0 Å². The summed E-state index contributed by atoms with van der Waals surface area (Å²) in [5, 5.41) is 5.98. The van der Waals surface area contributed by atoms with Gasteiger partial charge in [-0.25, -0.2) is 0 Å². The Hall–Kier alpha value is -2.53. The van der Waals surface area contributed by atoms with Crippen LogP contribution in [0.4, 0.5) is 11.4 Å². The van der Waals surface area contributed by atoms with Gasteiger partial charge in [0.25, 0.3) is 5.91 Å². The molecule has 0 atom stereocenters. The second kappa shape index (κ2) is 9.42. The van der Waals surface area contributed by atoms with Crippen molar-refractivity contribution >= 4 is 34.8 Å². The Kier molecular flexibility index (Phi) is 6.71. The molecular weight excluding hydrogens is 362 g/mol. The molecule has 1 aliphatic heterocycles. The van der Waals surface area contributed by atoms with E-state index in [9.17, 15) is 9.59 Å². The van der Waals surface area contributed by atoms with E-state index in [0.717, 1.165) is 18.8 Å². The maximum atomic E-state index is 12.1. The molecule has 0 radical (unpaired) electrons. The van der Waals surface area contributed by atoms with Crippen LogP contribution in [0.15, 0.2) is 48.5 Å². The molecule has 2 aromatic carbocycles. The first-order valence-corrected chi connectivity index (χ1v) is 9.69. The standard InChI is InChI=1S/C21H24ClN3O2/c22-19-7-3-2-6-18(19)21(27)23-13-12-20(26)24-16-8-10-17(11-9-16)25-14-4-1-5-15-25/h2-3,6-11H,1,4-5,12-15H2,(H,23,27)(H,24,26). The number of halogens is 1. The predicted molar refractivity (Wildman–Crippen MR) is 110 cm³/mol. The Morgan fingerprint density at radius 2 is 1.67 bits per heavy atom. The summed E-state index contributed by atoms with van der Waals surface area (Å²) < 4.78 is 0. The number of benzene rings is 2. The highest BCUT2D eigenvalue weighted by molar-refractivity contribution is 6.33. The van der Waals surface area contributed by atoms with E-state index in [-0.39, 0.29) is 24.8 Å². The number of carbonyl (C=O) groups is 2. The molecule has 1 heterocycles. The van der Waals surface area contributed by atoms with Gasteiger partial charge in [-0.1, -0.05) is 23.7 Å². The lowest BCUT2D eigenvalue weighted by atomic mass is 10.1. The molecule has 0 aromatic heterocycles. The summed E-state index contributed by atoms with van der Waals surface area (Å²) in [7, 11) is 0. The highest BCUT2D eigenvalue weighted by Gasteiger charge is 2.12. The van der Waals surface area contributed by atoms with Gasteiger partial charge in [0, 0.05) is 37.4 Å². The van der Waals surface area contributed by atoms with E-state index in [4.69, 9.17) is 11.6 Å². The lowest BCUT2D eigenvalue weighted by molar-refractivity contribution is -0.116. The molecule has 142 valence electrons. The number of carbonyl (C=O) groups excluding carboxylic acids is 2. The maximum absolute atomic E-state index is 12.1. The summed E-state index contributed by atoms with van der Waals surface area (Å²) >= 11 is 5.99. The first-order valence-electron chi connectivity index (χ1n) is 9.31. The van der Waals surface area contributed by atoms with Crippen LogP contribution < -0.4 is 15.5 Å². The van der Waals surface area contributed by atoms with Gasteiger partial charge >= 0.3 is 0 Å². The largest absolute Gasteiger partial charge is 0.372 e. The second-order valence-corrected chi connectivity index (χ2v) is 7.04. The summed E-state index contributed by atoms with van der Waals surface area (Å²) in [6.45, 7) is 2.44. The lowest BCUT2D eigenvalue weighted by Crippen LogP contribution is -2.29. The molecule has 0 unspecified atom stereocenters. The van der Waals surface area contributed by atoms with E-state index in [0.29, 0.717) is 10.6 Å². The van der Waals surface area contributed by atoms with Crippen LogP contribution in [0.2, 0.25) is 5.02 Å². The zero-order chi connectivity index (χ0) is 19.1. The Labute approximate surface area is 164 Å². The van der Waals surface area contributed by atoms with Crippen molar-refractivity contribution in [2.24, 2.45) is 0 Å². The SMILES string of the molecule is O=C(CCNC(=O)c1ccccc1Cl)Nc1ccc(N2CCCCC2)cc1. The number of anilines is 2. The van der Waals surface area contributed by atoms with E-state index in [1.807, 2.05) is 24.3 Å². The fraction of sp³-hybridized carbons (Fsp3) is 0.333. The Morgan fingerprint density at radius 1 is 0.963 bits per heavy atom. The second-order valence-electron chi connectivity index (χ2n) is 6.63. The summed E-state index contributed by atoms with van der Waals surface area (Å²) in [5.74, 6) is -0.417. The molecule has 2 aromatic rings. The van der Waals surface area contributed by atoms with Crippen molar-refractivity contribution in [3.05, 3.63) is 59.1 Å². The van der Waals surface area contributed by atoms with Gasteiger partial charge in [-0.3, -0.25) is 9.59 Å². The number of hydrogen-bond acceptors (Lipinski definition) is 3. The molecule has 0 aliphatic carbocycles. The van der Waals surface area contributed by atoms with Gasteiger partial charge in [-0.05, 0) is 55.7 Å². The lowest BCUT2D eigenvalue weighted by Gasteiger charge is -2.28. The van der Waals surface area contributed by atoms with E-state index in [1.165, 1.54) is 24.9 Å². The number of nitrogens with zero attached hydrogens (tertiary/aromatic N) is 1. The van der Waals surface area contributed by atoms with Crippen molar-refractivity contribution in [2.45, 2.75) is 25.7 Å². The van der Waals surface area contributed by atoms with Crippen molar-refractivity contribution in [1.29, 1.82) is 0 Å². The van der Waals surface area contributed by atoms with Crippen LogP contribution in [0.5, 0.6) is 0 Å². The molecule has 5 nitrogen and oxygen atoms in total. The third-order valence-corrected chi connectivity index (χ3v) is 4.96. The average molecular weight is 386 g/mol. The maximum Gasteiger partial charge on any atom is 0.252 e. The Balaban J connectivity index is 1.44. The number of hydrogen-bond donors (Lipinski definition) is 2. The van der Waals surface area contributed by atoms with Gasteiger partial charge < -0.3 is 15.5 Å². The van der Waals surface area contributed by atoms with Crippen molar-refractivity contribution in [1.82, 2.24) is 5.32 Å². The smallest absolute Gasteiger partial charge is 0.252 e. The monoisotopic (exact) mass is 385 g/mol. The van der Waals surface area contributed by atoms with Gasteiger partial charge in [0.2, 0.25) is 5.91 Å². The molecule has 0 saturated carbocycles. The number of rotatable bonds is 6. The highest BCUT2D eigenvalue weighted by atomic mass is 35.5. The van der Waals surface area contributed by atoms with Crippen LogP contribution in [0.3, 0.4) is 0 Å². The third kappa shape index (κ3) is 5.47. The molecule has 6 heteroatoms. The Bertz CT molecular complexity index is 786. The fourth-order valence-corrected chi connectivity index (χ4v) is 3.38. The summed E-state index contributed by atoms with van der Waals surface area (Å²) in [6, 6.07) is 14.8. The molecule has 27 heavy (non-hydrogen) atoms. The first kappa shape index (κ1) is 19.2. The molecule has 1 fully saturated rings. The number of piperidine rings is 1. The van der Waals surface area contributed by atoms with Crippen LogP contribution in [0.25, 0.3) is 0 Å². The number of amides is 2. The summed E-state index contributed by atoms with van der Waals surface area (Å²) in [4.78, 5) is 26.5. The zero-order valence-electron chi connectivity index (χ0n) is 15.2. The van der Waals surface area contributed by atoms with Crippen molar-refractivity contribution < 1.29 is 9.59 Å². The summed E-state index contributed by atoms with van der Waals surface area (Å²) in [6.07, 6.45) is 3.97. The molecular formula is C21H24ClN3O2. The molecule has 2 N–H and O–H groups in total. The average Bonchev–Trinajstić information content (AvgIpc) is 2.69. The van der Waals surface area contributed by atoms with E-state index >= 15 is 0 Å². The van der Waals surface area contributed by atoms with Crippen LogP contribution in [-0.2, 0) is 4.79 Å². The highest BCUT2D eigenvalue weighted by Crippen LogP contribution is 2.21. The molecule has 1 aliphatic rings. The van der Waals surface area contributed by atoms with Crippen LogP contribution in [-0.4, -0.2) is 31.4 Å². The molecule has 0 spiro atoms. The van der Waals surface area contributed by atoms with E-state index in [2.05, 4.69) is 15.5 Å². The third-order valence-electron chi connectivity index (χ3n) is 4.63. The van der Waals surface area contributed by atoms with Gasteiger partial charge in [0.15, 0.2) is 0 Å². The first-order chi connectivity index (χ1) is 13.1. The van der Waals surface area contributed by atoms with Crippen LogP contribution in [0, 0.1) is 0 Å². The zero-order valence-corrected chi connectivity index (χ0v) is 16.0. The Morgan fingerprint density at radius 3 is 2.37 bits per heavy atom. The fourth-order valence-electron chi connectivity index (χ4n) is 3.16. The van der Waals surface area contributed by atoms with E-state index < -0.39 is 0 Å². The summed E-state index contributed by atoms with van der Waals surface area (Å²) in [5.41, 5.74) is 2.37.